The van der Waals surface area contributed by atoms with Crippen LogP contribution in [-0.4, -0.2) is 84.1 Å². The van der Waals surface area contributed by atoms with Gasteiger partial charge in [0.25, 0.3) is 0 Å². The van der Waals surface area contributed by atoms with Crippen LogP contribution in [0.3, 0.4) is 0 Å². The molecule has 2 aromatic carbocycles. The van der Waals surface area contributed by atoms with Crippen LogP contribution in [-0.2, 0) is 14.3 Å². The minimum Gasteiger partial charge on any atom is -0.491 e. The van der Waals surface area contributed by atoms with Gasteiger partial charge in [-0.2, -0.15) is 0 Å². The Labute approximate surface area is 255 Å². The lowest BCUT2D eigenvalue weighted by molar-refractivity contribution is -0.143. The lowest BCUT2D eigenvalue weighted by atomic mass is 10.1. The number of amides is 1. The smallest absolute Gasteiger partial charge is 0.307 e. The standard InChI is InChI=1S/C31H36ClFN6O4/c1-2-42-30(41)9-11-39-14-12-38(13-15-39)10-3-4-29(40)37-27-17-23-26(18-28(27)43-19-21-5-6-21)34-20-35-31(23)36-22-7-8-25(33)24(32)16-22/h3-4,7-8,16-18,20-21H,2,5-6,9-15,19H2,1H3,(H,37,40)(H,34,35,36). The third-order valence-corrected chi connectivity index (χ3v) is 7.67. The van der Waals surface area contributed by atoms with Crippen LogP contribution in [0.5, 0.6) is 5.75 Å². The van der Waals surface area contributed by atoms with Gasteiger partial charge in [0.05, 0.1) is 35.9 Å². The lowest BCUT2D eigenvalue weighted by Gasteiger charge is -2.33. The van der Waals surface area contributed by atoms with Gasteiger partial charge in [0.15, 0.2) is 0 Å². The maximum Gasteiger partial charge on any atom is 0.307 e. The highest BCUT2D eigenvalue weighted by Gasteiger charge is 2.23. The summed E-state index contributed by atoms with van der Waals surface area (Å²) in [6.07, 6.45) is 7.48. The molecule has 43 heavy (non-hydrogen) atoms. The van der Waals surface area contributed by atoms with Crippen LogP contribution in [0, 0.1) is 11.7 Å². The molecule has 12 heteroatoms. The number of aromatic nitrogens is 2. The van der Waals surface area contributed by atoms with Crippen LogP contribution in [0.4, 0.5) is 21.6 Å². The second kappa shape index (κ2) is 14.6. The van der Waals surface area contributed by atoms with Crippen molar-refractivity contribution in [2.45, 2.75) is 26.2 Å². The Hall–Kier alpha value is -3.80. The maximum absolute atomic E-state index is 13.7. The zero-order valence-corrected chi connectivity index (χ0v) is 24.9. The fraction of sp³-hybridized carbons (Fsp3) is 0.419. The monoisotopic (exact) mass is 610 g/mol. The molecule has 1 saturated carbocycles. The summed E-state index contributed by atoms with van der Waals surface area (Å²) >= 11 is 5.96. The van der Waals surface area contributed by atoms with Gasteiger partial charge < -0.3 is 25.0 Å². The van der Waals surface area contributed by atoms with E-state index in [4.69, 9.17) is 21.1 Å². The highest BCUT2D eigenvalue weighted by molar-refractivity contribution is 6.31. The van der Waals surface area contributed by atoms with Crippen molar-refractivity contribution in [2.75, 3.05) is 63.1 Å². The number of fused-ring (bicyclic) bond motifs is 1. The van der Waals surface area contributed by atoms with E-state index >= 15 is 0 Å². The number of hydrogen-bond acceptors (Lipinski definition) is 9. The number of benzene rings is 2. The normalized spacial score (nSPS) is 16.0. The highest BCUT2D eigenvalue weighted by atomic mass is 35.5. The number of hydrogen-bond donors (Lipinski definition) is 2. The summed E-state index contributed by atoms with van der Waals surface area (Å²) in [5.41, 5.74) is 1.70. The zero-order chi connectivity index (χ0) is 30.2. The Morgan fingerprint density at radius 2 is 1.91 bits per heavy atom. The number of nitrogens with one attached hydrogen (secondary N) is 2. The molecule has 3 aromatic rings. The van der Waals surface area contributed by atoms with Gasteiger partial charge in [0.1, 0.15) is 23.7 Å². The predicted octanol–water partition coefficient (Wildman–Crippen LogP) is 5.02. The molecule has 0 unspecified atom stereocenters. The first kappa shape index (κ1) is 30.7. The summed E-state index contributed by atoms with van der Waals surface area (Å²) in [4.78, 5) is 37.9. The fourth-order valence-corrected chi connectivity index (χ4v) is 4.95. The third kappa shape index (κ3) is 8.85. The van der Waals surface area contributed by atoms with Crippen LogP contribution in [0.15, 0.2) is 48.8 Å². The van der Waals surface area contributed by atoms with E-state index in [-0.39, 0.29) is 16.9 Å². The molecule has 10 nitrogen and oxygen atoms in total. The summed E-state index contributed by atoms with van der Waals surface area (Å²) in [5.74, 6) is 0.590. The first-order chi connectivity index (χ1) is 20.9. The van der Waals surface area contributed by atoms with E-state index in [0.717, 1.165) is 39.0 Å². The molecule has 2 N–H and O–H groups in total. The molecule has 1 amide bonds. The van der Waals surface area contributed by atoms with Crippen LogP contribution in [0.25, 0.3) is 10.9 Å². The predicted molar refractivity (Wildman–Crippen MR) is 164 cm³/mol. The number of anilines is 3. The first-order valence-corrected chi connectivity index (χ1v) is 15.0. The van der Waals surface area contributed by atoms with Crippen LogP contribution in [0.1, 0.15) is 26.2 Å². The van der Waals surface area contributed by atoms with Gasteiger partial charge in [-0.15, -0.1) is 0 Å². The fourth-order valence-electron chi connectivity index (χ4n) is 4.76. The van der Waals surface area contributed by atoms with E-state index in [1.165, 1.54) is 24.5 Å². The average molecular weight is 611 g/mol. The van der Waals surface area contributed by atoms with Gasteiger partial charge in [0, 0.05) is 62.5 Å². The summed E-state index contributed by atoms with van der Waals surface area (Å²) < 4.78 is 24.8. The number of carbonyl (C=O) groups is 2. The first-order valence-electron chi connectivity index (χ1n) is 14.6. The summed E-state index contributed by atoms with van der Waals surface area (Å²) in [5, 5.41) is 6.78. The SMILES string of the molecule is CCOC(=O)CCN1CCN(CC=CC(=O)Nc2cc3c(Nc4ccc(F)c(Cl)c4)ncnc3cc2OCC2CC2)CC1. The number of carbonyl (C=O) groups excluding carboxylic acids is 2. The molecule has 0 spiro atoms. The molecule has 0 radical (unpaired) electrons. The lowest BCUT2D eigenvalue weighted by Crippen LogP contribution is -2.46. The summed E-state index contributed by atoms with van der Waals surface area (Å²) in [6, 6.07) is 7.91. The summed E-state index contributed by atoms with van der Waals surface area (Å²) in [7, 11) is 0. The van der Waals surface area contributed by atoms with Gasteiger partial charge in [0.2, 0.25) is 5.91 Å². The van der Waals surface area contributed by atoms with E-state index in [1.807, 2.05) is 13.0 Å². The molecule has 1 aliphatic heterocycles. The molecule has 1 aliphatic carbocycles. The number of ether oxygens (including phenoxy) is 2. The molecule has 1 aromatic heterocycles. The molecular weight excluding hydrogens is 575 g/mol. The van der Waals surface area contributed by atoms with Crippen LogP contribution >= 0.6 is 11.6 Å². The quantitative estimate of drug-likeness (QED) is 0.204. The zero-order valence-electron chi connectivity index (χ0n) is 24.2. The molecule has 2 heterocycles. The number of halogens is 2. The van der Waals surface area contributed by atoms with Crippen molar-refractivity contribution in [3.05, 3.63) is 59.7 Å². The van der Waals surface area contributed by atoms with Crippen LogP contribution < -0.4 is 15.4 Å². The molecule has 0 bridgehead atoms. The van der Waals surface area contributed by atoms with Gasteiger partial charge >= 0.3 is 5.97 Å². The van der Waals surface area contributed by atoms with Crippen molar-refractivity contribution >= 4 is 51.6 Å². The Kier molecular flexibility index (Phi) is 10.4. The van der Waals surface area contributed by atoms with Crippen molar-refractivity contribution in [1.82, 2.24) is 19.8 Å². The van der Waals surface area contributed by atoms with E-state index in [9.17, 15) is 14.0 Å². The number of rotatable bonds is 13. The van der Waals surface area contributed by atoms with Crippen molar-refractivity contribution in [2.24, 2.45) is 5.92 Å². The van der Waals surface area contributed by atoms with Gasteiger partial charge in [-0.1, -0.05) is 17.7 Å². The topological polar surface area (TPSA) is 109 Å². The Balaban J connectivity index is 1.22. The van der Waals surface area contributed by atoms with Gasteiger partial charge in [-0.25, -0.2) is 14.4 Å². The van der Waals surface area contributed by atoms with Crippen molar-refractivity contribution in [3.8, 4) is 5.75 Å². The third-order valence-electron chi connectivity index (χ3n) is 7.38. The number of nitrogens with zero attached hydrogens (tertiary/aromatic N) is 4. The van der Waals surface area contributed by atoms with E-state index in [2.05, 4.69) is 30.4 Å². The van der Waals surface area contributed by atoms with Crippen molar-refractivity contribution < 1.29 is 23.5 Å². The largest absolute Gasteiger partial charge is 0.491 e. The van der Waals surface area contributed by atoms with Crippen LogP contribution in [0.2, 0.25) is 5.02 Å². The molecule has 1 saturated heterocycles. The molecule has 228 valence electrons. The van der Waals surface area contributed by atoms with Crippen molar-refractivity contribution in [3.63, 3.8) is 0 Å². The minimum atomic E-state index is -0.511. The van der Waals surface area contributed by atoms with Gasteiger partial charge in [-0.3, -0.25) is 14.5 Å². The number of esters is 1. The molecule has 5 rings (SSSR count). The maximum atomic E-state index is 13.7. The van der Waals surface area contributed by atoms with E-state index in [1.54, 1.807) is 18.2 Å². The Bertz CT molecular complexity index is 1480. The minimum absolute atomic E-state index is 0.00487. The van der Waals surface area contributed by atoms with E-state index in [0.29, 0.717) is 72.5 Å². The second-order valence-corrected chi connectivity index (χ2v) is 11.1. The van der Waals surface area contributed by atoms with E-state index < -0.39 is 5.82 Å². The molecular formula is C31H36ClFN6O4. The van der Waals surface area contributed by atoms with Gasteiger partial charge in [-0.05, 0) is 49.9 Å². The average Bonchev–Trinajstić information content (AvgIpc) is 3.83. The summed E-state index contributed by atoms with van der Waals surface area (Å²) in [6.45, 7) is 7.56. The Morgan fingerprint density at radius 3 is 2.65 bits per heavy atom. The highest BCUT2D eigenvalue weighted by Crippen LogP contribution is 2.36. The molecule has 0 atom stereocenters. The second-order valence-electron chi connectivity index (χ2n) is 10.7. The molecule has 2 fully saturated rings. The number of piperazine rings is 1. The molecule has 2 aliphatic rings. The van der Waals surface area contributed by atoms with Crippen molar-refractivity contribution in [1.29, 1.82) is 0 Å². The Morgan fingerprint density at radius 1 is 1.12 bits per heavy atom.